The quantitative estimate of drug-likeness (QED) is 0.695. The molecular formula is C16H31NO3. The Bertz CT molecular complexity index is 266. The fourth-order valence-corrected chi connectivity index (χ4v) is 3.50. The van der Waals surface area contributed by atoms with Crippen molar-refractivity contribution >= 4 is 0 Å². The molecule has 2 heterocycles. The van der Waals surface area contributed by atoms with Gasteiger partial charge in [-0.3, -0.25) is 0 Å². The highest BCUT2D eigenvalue weighted by Gasteiger charge is 2.42. The van der Waals surface area contributed by atoms with Gasteiger partial charge >= 0.3 is 0 Å². The van der Waals surface area contributed by atoms with Crippen LogP contribution in [0.25, 0.3) is 0 Å². The Morgan fingerprint density at radius 1 is 1.30 bits per heavy atom. The molecule has 0 radical (unpaired) electrons. The Balaban J connectivity index is 1.83. The van der Waals surface area contributed by atoms with Crippen LogP contribution in [0.4, 0.5) is 0 Å². The van der Waals surface area contributed by atoms with E-state index >= 15 is 0 Å². The van der Waals surface area contributed by atoms with Crippen molar-refractivity contribution in [2.75, 3.05) is 39.6 Å². The molecule has 4 nitrogen and oxygen atoms in total. The highest BCUT2D eigenvalue weighted by Crippen LogP contribution is 2.37. The molecule has 2 aliphatic heterocycles. The number of rotatable bonds is 8. The molecule has 1 spiro atoms. The van der Waals surface area contributed by atoms with Gasteiger partial charge in [0.05, 0.1) is 12.2 Å². The van der Waals surface area contributed by atoms with Crippen LogP contribution in [0, 0.1) is 5.92 Å². The minimum atomic E-state index is 0.0147. The van der Waals surface area contributed by atoms with Gasteiger partial charge in [0.1, 0.15) is 0 Å². The number of hydrogen-bond acceptors (Lipinski definition) is 4. The third kappa shape index (κ3) is 4.42. The summed E-state index contributed by atoms with van der Waals surface area (Å²) >= 11 is 0. The first kappa shape index (κ1) is 16.2. The third-order valence-corrected chi connectivity index (χ3v) is 4.56. The van der Waals surface area contributed by atoms with E-state index in [0.29, 0.717) is 12.0 Å². The molecule has 0 aromatic heterocycles. The Morgan fingerprint density at radius 3 is 2.90 bits per heavy atom. The fourth-order valence-electron chi connectivity index (χ4n) is 3.50. The molecule has 2 saturated heterocycles. The first-order chi connectivity index (χ1) is 9.79. The van der Waals surface area contributed by atoms with Gasteiger partial charge in [-0.15, -0.1) is 0 Å². The highest BCUT2D eigenvalue weighted by molar-refractivity contribution is 4.93. The van der Waals surface area contributed by atoms with Crippen LogP contribution in [-0.2, 0) is 14.2 Å². The normalized spacial score (nSPS) is 31.8. The fraction of sp³-hybridized carbons (Fsp3) is 1.00. The second kappa shape index (κ2) is 8.32. The predicted molar refractivity (Wildman–Crippen MR) is 80.0 cm³/mol. The lowest BCUT2D eigenvalue weighted by atomic mass is 9.80. The lowest BCUT2D eigenvalue weighted by Crippen LogP contribution is -2.47. The predicted octanol–water partition coefficient (Wildman–Crippen LogP) is 2.37. The first-order valence-electron chi connectivity index (χ1n) is 8.32. The van der Waals surface area contributed by atoms with Crippen molar-refractivity contribution in [3.63, 3.8) is 0 Å². The number of hydrogen-bond donors (Lipinski definition) is 1. The zero-order chi connectivity index (χ0) is 14.3. The summed E-state index contributed by atoms with van der Waals surface area (Å²) in [6.45, 7) is 9.65. The van der Waals surface area contributed by atoms with Gasteiger partial charge in [-0.25, -0.2) is 0 Å². The molecule has 20 heavy (non-hydrogen) atoms. The van der Waals surface area contributed by atoms with Gasteiger partial charge in [-0.05, 0) is 38.1 Å². The van der Waals surface area contributed by atoms with E-state index in [9.17, 15) is 0 Å². The van der Waals surface area contributed by atoms with Crippen molar-refractivity contribution in [1.29, 1.82) is 0 Å². The molecule has 0 saturated carbocycles. The van der Waals surface area contributed by atoms with E-state index in [1.54, 1.807) is 0 Å². The van der Waals surface area contributed by atoms with Crippen molar-refractivity contribution in [2.45, 2.75) is 57.6 Å². The molecule has 0 aromatic carbocycles. The van der Waals surface area contributed by atoms with Crippen LogP contribution in [0.5, 0.6) is 0 Å². The summed E-state index contributed by atoms with van der Waals surface area (Å²) in [6.07, 6.45) is 5.57. The summed E-state index contributed by atoms with van der Waals surface area (Å²) in [5, 5.41) is 3.66. The van der Waals surface area contributed by atoms with Crippen LogP contribution < -0.4 is 5.32 Å². The van der Waals surface area contributed by atoms with Crippen LogP contribution in [0.3, 0.4) is 0 Å². The van der Waals surface area contributed by atoms with Gasteiger partial charge < -0.3 is 19.5 Å². The minimum absolute atomic E-state index is 0.0147. The van der Waals surface area contributed by atoms with Crippen molar-refractivity contribution in [3.8, 4) is 0 Å². The molecule has 118 valence electrons. The molecule has 2 aliphatic rings. The molecule has 2 rings (SSSR count). The van der Waals surface area contributed by atoms with Crippen molar-refractivity contribution in [3.05, 3.63) is 0 Å². The summed E-state index contributed by atoms with van der Waals surface area (Å²) in [7, 11) is 0. The molecule has 4 heteroatoms. The van der Waals surface area contributed by atoms with Gasteiger partial charge in [0, 0.05) is 38.9 Å². The summed E-state index contributed by atoms with van der Waals surface area (Å²) in [5.41, 5.74) is 0.0147. The molecule has 0 bridgehead atoms. The van der Waals surface area contributed by atoms with Crippen LogP contribution in [0.2, 0.25) is 0 Å². The summed E-state index contributed by atoms with van der Waals surface area (Å²) in [4.78, 5) is 0. The zero-order valence-corrected chi connectivity index (χ0v) is 13.2. The maximum Gasteiger partial charge on any atom is 0.0939 e. The Morgan fingerprint density at radius 2 is 2.20 bits per heavy atom. The molecule has 0 amide bonds. The van der Waals surface area contributed by atoms with E-state index in [-0.39, 0.29) is 5.60 Å². The van der Waals surface area contributed by atoms with Gasteiger partial charge in [-0.1, -0.05) is 13.8 Å². The Kier molecular flexibility index (Phi) is 6.75. The molecule has 2 fully saturated rings. The zero-order valence-electron chi connectivity index (χ0n) is 13.2. The SMILES string of the molecule is CCCOCCC(NCC)C1CCOC2(CCOC2)C1. The van der Waals surface area contributed by atoms with Gasteiger partial charge in [0.15, 0.2) is 0 Å². The molecular weight excluding hydrogens is 254 g/mol. The molecule has 3 unspecified atom stereocenters. The lowest BCUT2D eigenvalue weighted by Gasteiger charge is -2.40. The van der Waals surface area contributed by atoms with Crippen molar-refractivity contribution in [1.82, 2.24) is 5.32 Å². The topological polar surface area (TPSA) is 39.7 Å². The second-order valence-electron chi connectivity index (χ2n) is 6.15. The van der Waals surface area contributed by atoms with Gasteiger partial charge in [0.2, 0.25) is 0 Å². The number of nitrogens with one attached hydrogen (secondary N) is 1. The maximum absolute atomic E-state index is 6.04. The Hall–Kier alpha value is -0.160. The third-order valence-electron chi connectivity index (χ3n) is 4.56. The van der Waals surface area contributed by atoms with E-state index in [2.05, 4.69) is 19.2 Å². The van der Waals surface area contributed by atoms with Gasteiger partial charge in [-0.2, -0.15) is 0 Å². The molecule has 3 atom stereocenters. The van der Waals surface area contributed by atoms with E-state index in [1.807, 2.05) is 0 Å². The van der Waals surface area contributed by atoms with Crippen molar-refractivity contribution in [2.24, 2.45) is 5.92 Å². The van der Waals surface area contributed by atoms with Crippen molar-refractivity contribution < 1.29 is 14.2 Å². The molecule has 1 N–H and O–H groups in total. The largest absolute Gasteiger partial charge is 0.381 e. The smallest absolute Gasteiger partial charge is 0.0939 e. The van der Waals surface area contributed by atoms with Gasteiger partial charge in [0.25, 0.3) is 0 Å². The first-order valence-corrected chi connectivity index (χ1v) is 8.32. The van der Waals surface area contributed by atoms with E-state index < -0.39 is 0 Å². The van der Waals surface area contributed by atoms with Crippen LogP contribution in [0.1, 0.15) is 46.0 Å². The Labute approximate surface area is 123 Å². The monoisotopic (exact) mass is 285 g/mol. The minimum Gasteiger partial charge on any atom is -0.381 e. The van der Waals surface area contributed by atoms with E-state index in [1.165, 1.54) is 0 Å². The summed E-state index contributed by atoms with van der Waals surface area (Å²) in [5.74, 6) is 0.690. The summed E-state index contributed by atoms with van der Waals surface area (Å²) in [6, 6.07) is 0.554. The van der Waals surface area contributed by atoms with E-state index in [0.717, 1.165) is 71.7 Å². The summed E-state index contributed by atoms with van der Waals surface area (Å²) < 4.78 is 17.3. The highest BCUT2D eigenvalue weighted by atomic mass is 16.6. The van der Waals surface area contributed by atoms with E-state index in [4.69, 9.17) is 14.2 Å². The molecule has 0 aliphatic carbocycles. The lowest BCUT2D eigenvalue weighted by molar-refractivity contribution is -0.104. The second-order valence-corrected chi connectivity index (χ2v) is 6.15. The van der Waals surface area contributed by atoms with Crippen LogP contribution in [-0.4, -0.2) is 51.2 Å². The van der Waals surface area contributed by atoms with Crippen LogP contribution >= 0.6 is 0 Å². The van der Waals surface area contributed by atoms with Crippen LogP contribution in [0.15, 0.2) is 0 Å². The maximum atomic E-state index is 6.04. The average Bonchev–Trinajstić information content (AvgIpc) is 2.90. The molecule has 0 aromatic rings. The average molecular weight is 285 g/mol. The number of ether oxygens (including phenoxy) is 3. The standard InChI is InChI=1S/C16H31NO3/c1-3-8-18-9-6-15(17-4-2)14-5-10-20-16(12-14)7-11-19-13-16/h14-15,17H,3-13H2,1-2H3.